The fourth-order valence-electron chi connectivity index (χ4n) is 3.01. The van der Waals surface area contributed by atoms with Gasteiger partial charge in [-0.2, -0.15) is 26.3 Å². The number of carbonyl (C=O) groups excluding carboxylic acids is 10. The molecule has 33 heteroatoms. The van der Waals surface area contributed by atoms with Gasteiger partial charge in [-0.3, -0.25) is 9.59 Å². The number of cyclic esters (lactones) is 2. The second-order valence-electron chi connectivity index (χ2n) is 15.6. The van der Waals surface area contributed by atoms with Gasteiger partial charge in [0.05, 0.1) is 65.3 Å². The van der Waals surface area contributed by atoms with E-state index in [4.69, 9.17) is 10.2 Å². The summed E-state index contributed by atoms with van der Waals surface area (Å²) in [5, 5.41) is 16.1. The molecule has 1 saturated heterocycles. The number of ether oxygens (including phenoxy) is 9. The number of hydrogen-bond acceptors (Lipinski definition) is 21. The molecule has 0 aromatic heterocycles. The molecule has 1 aliphatic rings. The second-order valence-corrected chi connectivity index (χ2v) is 15.6. The molecule has 0 unspecified atom stereocenters. The monoisotopic (exact) mass is 1330 g/mol. The molecule has 2 N–H and O–H groups in total. The van der Waals surface area contributed by atoms with Gasteiger partial charge in [-0.15, -0.1) is 0 Å². The number of halogens is 10. The number of alkyl halides is 10. The van der Waals surface area contributed by atoms with Crippen LogP contribution in [0.1, 0.15) is 93.9 Å². The average molecular weight is 1340 g/mol. The van der Waals surface area contributed by atoms with E-state index >= 15 is 0 Å². The summed E-state index contributed by atoms with van der Waals surface area (Å²) >= 11 is 0. The van der Waals surface area contributed by atoms with Crippen molar-refractivity contribution in [2.75, 3.05) is 52.9 Å². The van der Waals surface area contributed by atoms with Crippen molar-refractivity contribution in [3.05, 3.63) is 124 Å². The number of carboxylic acids is 2. The standard InChI is InChI=1S/C7H9F3O2.C7H10F2O2.C6H7F3O2.C6H8F2O2.2C6H10O2.C5H6O4.C5H4O3.2C5H8O2/c1-5(2)6(11)12-4-3-7(8,9)10;1-5(2)7(10)11-4-3-6(8)9;1-2-5(10)11-4-3-6(7,8)9;1-2-6(9)10-4-3-5(7)8;2*1-4-8-6(7)5(2)3;1-3(5(8)9)2-4(6)7;1-3-2-4(6)8-5(3)7;2*1-3-5(6)7-4-2/h1,3-4H2,2H3;6H,1,3-4H2,2H3;2H,1,3-4H2;2,5H,1,3-4H2;2*2,4H2,1,3H3;1-2H2,(H,6,7)(H,8,9);1-2H2;2*3H,1,4H2,2H3. The van der Waals surface area contributed by atoms with E-state index in [1.165, 1.54) is 13.8 Å². The molecule has 91 heavy (non-hydrogen) atoms. The van der Waals surface area contributed by atoms with Gasteiger partial charge in [-0.25, -0.2) is 65.5 Å². The summed E-state index contributed by atoms with van der Waals surface area (Å²) < 4.78 is 153. The van der Waals surface area contributed by atoms with Gasteiger partial charge in [0.15, 0.2) is 0 Å². The van der Waals surface area contributed by atoms with Crippen LogP contribution in [0.25, 0.3) is 0 Å². The van der Waals surface area contributed by atoms with Crippen molar-refractivity contribution < 1.29 is 154 Å². The fourth-order valence-corrected chi connectivity index (χ4v) is 3.01. The molecule has 520 valence electrons. The van der Waals surface area contributed by atoms with Crippen LogP contribution in [0.5, 0.6) is 0 Å². The van der Waals surface area contributed by atoms with E-state index < -0.39 is 118 Å². The van der Waals surface area contributed by atoms with Crippen LogP contribution in [0.2, 0.25) is 0 Å². The molecule has 0 spiro atoms. The quantitative estimate of drug-likeness (QED) is 0.0282. The lowest BCUT2D eigenvalue weighted by molar-refractivity contribution is -0.157. The Hall–Kier alpha value is -9.46. The number of rotatable bonds is 25. The number of hydrogen-bond donors (Lipinski definition) is 2. The van der Waals surface area contributed by atoms with E-state index in [2.05, 4.69) is 108 Å². The van der Waals surface area contributed by atoms with Crippen LogP contribution < -0.4 is 0 Å². The molecule has 1 rings (SSSR count). The predicted octanol–water partition coefficient (Wildman–Crippen LogP) is 10.7. The lowest BCUT2D eigenvalue weighted by Crippen LogP contribution is -2.14. The molecule has 0 aliphatic carbocycles. The molecular weight excluding hydrogens is 1250 g/mol. The Morgan fingerprint density at radius 1 is 0.484 bits per heavy atom. The molecule has 0 aromatic carbocycles. The molecule has 0 aromatic rings. The van der Waals surface area contributed by atoms with Crippen molar-refractivity contribution in [2.45, 2.75) is 119 Å². The Labute approximate surface area is 520 Å². The van der Waals surface area contributed by atoms with Crippen LogP contribution in [0, 0.1) is 0 Å². The number of aliphatic carboxylic acids is 2. The summed E-state index contributed by atoms with van der Waals surface area (Å²) in [6.45, 7) is 45.2. The molecule has 1 fully saturated rings. The topological polar surface area (TPSA) is 328 Å². The van der Waals surface area contributed by atoms with E-state index in [1.54, 1.807) is 41.5 Å². The highest BCUT2D eigenvalue weighted by molar-refractivity contribution is 6.05. The molecule has 0 bridgehead atoms. The van der Waals surface area contributed by atoms with Gasteiger partial charge in [0.1, 0.15) is 13.2 Å². The maximum Gasteiger partial charge on any atom is 0.392 e. The molecule has 1 aliphatic heterocycles. The van der Waals surface area contributed by atoms with Crippen LogP contribution in [-0.2, 0) is 100 Å². The van der Waals surface area contributed by atoms with Gasteiger partial charge in [0, 0.05) is 70.6 Å². The van der Waals surface area contributed by atoms with Gasteiger partial charge >= 0.3 is 84.0 Å². The van der Waals surface area contributed by atoms with Gasteiger partial charge in [-0.1, -0.05) is 65.8 Å². The first-order chi connectivity index (χ1) is 41.7. The smallest absolute Gasteiger partial charge is 0.392 e. The number of carbonyl (C=O) groups is 12. The zero-order chi connectivity index (χ0) is 73.6. The van der Waals surface area contributed by atoms with Crippen LogP contribution in [0.4, 0.5) is 43.9 Å². The zero-order valence-electron chi connectivity index (χ0n) is 51.7. The summed E-state index contributed by atoms with van der Waals surface area (Å²) in [5.41, 5.74) is 1.16. The van der Waals surface area contributed by atoms with Crippen molar-refractivity contribution in [2.24, 2.45) is 0 Å². The third-order valence-corrected chi connectivity index (χ3v) is 7.10. The highest BCUT2D eigenvalue weighted by Gasteiger charge is 2.28. The molecule has 0 saturated carbocycles. The zero-order valence-corrected chi connectivity index (χ0v) is 51.7. The first kappa shape index (κ1) is 101. The summed E-state index contributed by atoms with van der Waals surface area (Å²) in [6, 6.07) is 0. The molecule has 23 nitrogen and oxygen atoms in total. The predicted molar refractivity (Wildman–Crippen MR) is 307 cm³/mol. The van der Waals surface area contributed by atoms with Gasteiger partial charge in [-0.05, 0) is 55.4 Å². The third kappa shape index (κ3) is 94.4. The van der Waals surface area contributed by atoms with Crippen molar-refractivity contribution in [3.63, 3.8) is 0 Å². The fraction of sp³-hybridized carbons (Fsp3) is 0.448. The van der Waals surface area contributed by atoms with Crippen molar-refractivity contribution in [1.82, 2.24) is 0 Å². The first-order valence-electron chi connectivity index (χ1n) is 25.4. The molecule has 0 atom stereocenters. The maximum absolute atomic E-state index is 11.5. The lowest BCUT2D eigenvalue weighted by atomic mass is 10.2. The van der Waals surface area contributed by atoms with Crippen molar-refractivity contribution in [3.8, 4) is 0 Å². The van der Waals surface area contributed by atoms with Gasteiger partial charge in [0.2, 0.25) is 12.9 Å². The van der Waals surface area contributed by atoms with E-state index in [9.17, 15) is 101 Å². The lowest BCUT2D eigenvalue weighted by Gasteiger charge is -2.06. The first-order valence-corrected chi connectivity index (χ1v) is 25.4. The number of carboxylic acid groups (broad SMARTS) is 2. The molecule has 0 radical (unpaired) electrons. The third-order valence-electron chi connectivity index (χ3n) is 7.10. The van der Waals surface area contributed by atoms with Gasteiger partial charge < -0.3 is 52.8 Å². The normalized spacial score (nSPS) is 10.1. The van der Waals surface area contributed by atoms with E-state index in [0.717, 1.165) is 24.3 Å². The summed E-state index contributed by atoms with van der Waals surface area (Å²) in [4.78, 5) is 123. The highest BCUT2D eigenvalue weighted by Crippen LogP contribution is 2.20. The number of esters is 10. The van der Waals surface area contributed by atoms with E-state index in [0.29, 0.717) is 37.6 Å². The minimum Gasteiger partial charge on any atom is -0.481 e. The second kappa shape index (κ2) is 63.6. The summed E-state index contributed by atoms with van der Waals surface area (Å²) in [6.07, 6.45) is -12.9. The highest BCUT2D eigenvalue weighted by atomic mass is 19.4. The Morgan fingerprint density at radius 3 is 0.923 bits per heavy atom. The summed E-state index contributed by atoms with van der Waals surface area (Å²) in [7, 11) is 0. The molecule has 1 heterocycles. The van der Waals surface area contributed by atoms with Gasteiger partial charge in [0.25, 0.3) is 0 Å². The van der Waals surface area contributed by atoms with Crippen LogP contribution in [0.3, 0.4) is 0 Å². The van der Waals surface area contributed by atoms with Crippen molar-refractivity contribution in [1.29, 1.82) is 0 Å². The van der Waals surface area contributed by atoms with Crippen LogP contribution in [-0.4, -0.2) is 160 Å². The van der Waals surface area contributed by atoms with Crippen LogP contribution in [0.15, 0.2) is 124 Å². The minimum absolute atomic E-state index is 0.0544. The van der Waals surface area contributed by atoms with Crippen molar-refractivity contribution >= 4 is 71.6 Å². The van der Waals surface area contributed by atoms with Crippen LogP contribution >= 0.6 is 0 Å². The van der Waals surface area contributed by atoms with E-state index in [1.807, 2.05) is 0 Å². The Kier molecular flexibility index (Phi) is 70.2. The Bertz CT molecular complexity index is 2300. The molecular formula is C58H80F10O23. The minimum atomic E-state index is -4.28. The van der Waals surface area contributed by atoms with E-state index in [-0.39, 0.29) is 65.8 Å². The Morgan fingerprint density at radius 2 is 0.747 bits per heavy atom. The largest absolute Gasteiger partial charge is 0.481 e. The molecule has 0 amide bonds. The summed E-state index contributed by atoms with van der Waals surface area (Å²) in [5.74, 6) is -7.79. The average Bonchev–Trinajstić information content (AvgIpc) is 3.75. The Balaban J connectivity index is -0.000000118. The SMILES string of the molecule is C=C(C)C(=O)OCC.C=C(C)C(=O)OCC.C=C(C)C(=O)OCCC(F)(F)F.C=C(C)C(=O)OCCC(F)F.C=C(CC(=O)O)C(=O)O.C=C1CC(=O)OC1=O.C=CC(=O)OCC.C=CC(=O)OCC.C=CC(=O)OCCC(F)(F)F.C=CC(=O)OCCC(F)F. The maximum atomic E-state index is 11.5.